The number of nitrogens with two attached hydrogens (primary N) is 1. The zero-order valence-corrected chi connectivity index (χ0v) is 8.05. The summed E-state index contributed by atoms with van der Waals surface area (Å²) < 4.78 is 0. The first-order valence-corrected chi connectivity index (χ1v) is 4.71. The lowest BCUT2D eigenvalue weighted by Gasteiger charge is -2.16. The van der Waals surface area contributed by atoms with Gasteiger partial charge in [0.25, 0.3) is 0 Å². The number of rotatable bonds is 7. The molecule has 0 heterocycles. The van der Waals surface area contributed by atoms with Gasteiger partial charge in [0.1, 0.15) is 0 Å². The third-order valence-electron chi connectivity index (χ3n) is 1.94. The Morgan fingerprint density at radius 3 is 2.58 bits per heavy atom. The van der Waals surface area contributed by atoms with Crippen molar-refractivity contribution in [3.8, 4) is 12.3 Å². The van der Waals surface area contributed by atoms with Gasteiger partial charge in [-0.15, -0.1) is 6.42 Å². The van der Waals surface area contributed by atoms with Crippen LogP contribution in [0.3, 0.4) is 0 Å². The maximum atomic E-state index is 5.39. The molecule has 0 amide bonds. The Hall–Kier alpha value is -0.520. The van der Waals surface area contributed by atoms with Gasteiger partial charge in [-0.25, -0.2) is 0 Å². The molecule has 0 aromatic rings. The molecule has 0 aliphatic heterocycles. The van der Waals surface area contributed by atoms with E-state index in [0.717, 1.165) is 32.6 Å². The zero-order valence-electron chi connectivity index (χ0n) is 8.05. The van der Waals surface area contributed by atoms with Gasteiger partial charge >= 0.3 is 0 Å². The van der Waals surface area contributed by atoms with Gasteiger partial charge in [0.2, 0.25) is 0 Å². The molecule has 2 N–H and O–H groups in total. The summed E-state index contributed by atoms with van der Waals surface area (Å²) >= 11 is 0. The van der Waals surface area contributed by atoms with Crippen molar-refractivity contribution in [3.05, 3.63) is 0 Å². The Morgan fingerprint density at radius 2 is 2.08 bits per heavy atom. The molecule has 0 bridgehead atoms. The SMILES string of the molecule is C#CCN(CC)CCCCCN. The lowest BCUT2D eigenvalue weighted by molar-refractivity contribution is 0.315. The minimum atomic E-state index is 0.777. The topological polar surface area (TPSA) is 29.3 Å². The predicted molar refractivity (Wildman–Crippen MR) is 53.9 cm³/mol. The van der Waals surface area contributed by atoms with Crippen molar-refractivity contribution in [2.45, 2.75) is 26.2 Å². The van der Waals surface area contributed by atoms with Crippen molar-refractivity contribution in [1.82, 2.24) is 4.90 Å². The van der Waals surface area contributed by atoms with Crippen LogP contribution in [0.15, 0.2) is 0 Å². The molecule has 0 aliphatic carbocycles. The number of hydrogen-bond acceptors (Lipinski definition) is 2. The van der Waals surface area contributed by atoms with Crippen molar-refractivity contribution in [2.75, 3.05) is 26.2 Å². The highest BCUT2D eigenvalue weighted by Crippen LogP contribution is 1.96. The van der Waals surface area contributed by atoms with E-state index in [1.165, 1.54) is 12.8 Å². The van der Waals surface area contributed by atoms with Crippen molar-refractivity contribution < 1.29 is 0 Å². The highest BCUT2D eigenvalue weighted by molar-refractivity contribution is 4.87. The summed E-state index contributed by atoms with van der Waals surface area (Å²) in [5, 5.41) is 0. The summed E-state index contributed by atoms with van der Waals surface area (Å²) in [5.74, 6) is 2.66. The van der Waals surface area contributed by atoms with Gasteiger partial charge in [-0.3, -0.25) is 4.90 Å². The van der Waals surface area contributed by atoms with Crippen LogP contribution in [0.1, 0.15) is 26.2 Å². The van der Waals surface area contributed by atoms with E-state index >= 15 is 0 Å². The molecule has 12 heavy (non-hydrogen) atoms. The Labute approximate surface area is 76.1 Å². The van der Waals surface area contributed by atoms with Crippen LogP contribution < -0.4 is 5.73 Å². The first-order chi connectivity index (χ1) is 5.85. The van der Waals surface area contributed by atoms with Gasteiger partial charge in [-0.05, 0) is 32.5 Å². The van der Waals surface area contributed by atoms with Crippen molar-refractivity contribution in [2.24, 2.45) is 5.73 Å². The van der Waals surface area contributed by atoms with E-state index in [9.17, 15) is 0 Å². The van der Waals surface area contributed by atoms with Crippen LogP contribution in [-0.2, 0) is 0 Å². The maximum absolute atomic E-state index is 5.39. The van der Waals surface area contributed by atoms with Crippen molar-refractivity contribution >= 4 is 0 Å². The molecule has 2 nitrogen and oxygen atoms in total. The maximum Gasteiger partial charge on any atom is 0.0598 e. The number of unbranched alkanes of at least 4 members (excludes halogenated alkanes) is 2. The fraction of sp³-hybridized carbons (Fsp3) is 0.800. The fourth-order valence-electron chi connectivity index (χ4n) is 1.13. The molecule has 2 heteroatoms. The second-order valence-electron chi connectivity index (χ2n) is 2.92. The average molecular weight is 168 g/mol. The van der Waals surface area contributed by atoms with Gasteiger partial charge in [-0.1, -0.05) is 19.3 Å². The first kappa shape index (κ1) is 11.5. The molecule has 0 atom stereocenters. The third kappa shape index (κ3) is 6.21. The summed E-state index contributed by atoms with van der Waals surface area (Å²) in [6.07, 6.45) is 8.79. The second-order valence-corrected chi connectivity index (χ2v) is 2.92. The van der Waals surface area contributed by atoms with Crippen LogP contribution in [0, 0.1) is 12.3 Å². The van der Waals surface area contributed by atoms with Crippen LogP contribution in [0.5, 0.6) is 0 Å². The largest absolute Gasteiger partial charge is 0.330 e. The molecule has 0 aromatic heterocycles. The monoisotopic (exact) mass is 168 g/mol. The third-order valence-corrected chi connectivity index (χ3v) is 1.94. The molecule has 0 aliphatic rings. The van der Waals surface area contributed by atoms with Gasteiger partial charge in [0.05, 0.1) is 6.54 Å². The van der Waals surface area contributed by atoms with E-state index in [1.807, 2.05) is 0 Å². The quantitative estimate of drug-likeness (QED) is 0.455. The van der Waals surface area contributed by atoms with E-state index in [-0.39, 0.29) is 0 Å². The lowest BCUT2D eigenvalue weighted by Crippen LogP contribution is -2.24. The van der Waals surface area contributed by atoms with Crippen LogP contribution in [0.2, 0.25) is 0 Å². The van der Waals surface area contributed by atoms with Crippen LogP contribution >= 0.6 is 0 Å². The Kier molecular flexibility index (Phi) is 8.20. The summed E-state index contributed by atoms with van der Waals surface area (Å²) in [7, 11) is 0. The first-order valence-electron chi connectivity index (χ1n) is 4.71. The molecule has 0 fully saturated rings. The standard InChI is InChI=1S/C10H20N2/c1-3-9-12(4-2)10-7-5-6-8-11/h1H,4-11H2,2H3. The lowest BCUT2D eigenvalue weighted by atomic mass is 10.2. The van der Waals surface area contributed by atoms with Gasteiger partial charge in [-0.2, -0.15) is 0 Å². The van der Waals surface area contributed by atoms with Crippen LogP contribution in [-0.4, -0.2) is 31.1 Å². The van der Waals surface area contributed by atoms with E-state index in [1.54, 1.807) is 0 Å². The molecule has 0 saturated heterocycles. The summed E-state index contributed by atoms with van der Waals surface area (Å²) in [4.78, 5) is 2.27. The highest BCUT2D eigenvalue weighted by atomic mass is 15.1. The molecular formula is C10H20N2. The van der Waals surface area contributed by atoms with Crippen molar-refractivity contribution in [3.63, 3.8) is 0 Å². The molecule has 0 spiro atoms. The predicted octanol–water partition coefficient (Wildman–Crippen LogP) is 1.07. The fourth-order valence-corrected chi connectivity index (χ4v) is 1.13. The Bertz CT molecular complexity index is 126. The number of terminal acetylenes is 1. The molecule has 0 rings (SSSR count). The second kappa shape index (κ2) is 8.58. The molecule has 0 saturated carbocycles. The van der Waals surface area contributed by atoms with Gasteiger partial charge in [0, 0.05) is 0 Å². The number of hydrogen-bond donors (Lipinski definition) is 1. The Morgan fingerprint density at radius 1 is 1.33 bits per heavy atom. The van der Waals surface area contributed by atoms with Crippen molar-refractivity contribution in [1.29, 1.82) is 0 Å². The Balaban J connectivity index is 3.26. The summed E-state index contributed by atoms with van der Waals surface area (Å²) in [6.45, 7) is 5.88. The molecule has 0 aromatic carbocycles. The normalized spacial score (nSPS) is 10.2. The minimum absolute atomic E-state index is 0.777. The molecular weight excluding hydrogens is 148 g/mol. The van der Waals surface area contributed by atoms with E-state index in [4.69, 9.17) is 12.2 Å². The van der Waals surface area contributed by atoms with Crippen LogP contribution in [0.4, 0.5) is 0 Å². The van der Waals surface area contributed by atoms with Gasteiger partial charge < -0.3 is 5.73 Å². The van der Waals surface area contributed by atoms with Gasteiger partial charge in [0.15, 0.2) is 0 Å². The van der Waals surface area contributed by atoms with Crippen LogP contribution in [0.25, 0.3) is 0 Å². The summed E-state index contributed by atoms with van der Waals surface area (Å²) in [5.41, 5.74) is 5.39. The van der Waals surface area contributed by atoms with E-state index in [2.05, 4.69) is 17.7 Å². The minimum Gasteiger partial charge on any atom is -0.330 e. The number of nitrogens with zero attached hydrogens (tertiary/aromatic N) is 1. The molecule has 0 radical (unpaired) electrons. The molecule has 0 unspecified atom stereocenters. The highest BCUT2D eigenvalue weighted by Gasteiger charge is 1.98. The average Bonchev–Trinajstić information content (AvgIpc) is 2.10. The molecule has 70 valence electrons. The zero-order chi connectivity index (χ0) is 9.23. The summed E-state index contributed by atoms with van der Waals surface area (Å²) in [6, 6.07) is 0. The smallest absolute Gasteiger partial charge is 0.0598 e. The van der Waals surface area contributed by atoms with E-state index < -0.39 is 0 Å². The van der Waals surface area contributed by atoms with E-state index in [0.29, 0.717) is 0 Å².